The van der Waals surface area contributed by atoms with Gasteiger partial charge in [0, 0.05) is 12.8 Å². The first-order valence-electron chi connectivity index (χ1n) is 30.9. The molecule has 0 aliphatic carbocycles. The molecule has 0 aromatic carbocycles. The van der Waals surface area contributed by atoms with Gasteiger partial charge in [-0.1, -0.05) is 249 Å². The highest BCUT2D eigenvalue weighted by Crippen LogP contribution is 2.23. The van der Waals surface area contributed by atoms with Crippen molar-refractivity contribution in [3.8, 4) is 0 Å². The van der Waals surface area contributed by atoms with Gasteiger partial charge >= 0.3 is 5.97 Å². The van der Waals surface area contributed by atoms with Crippen molar-refractivity contribution < 1.29 is 49.3 Å². The Hall–Kier alpha value is -2.38. The average molecular weight is 1050 g/mol. The molecule has 1 aliphatic rings. The van der Waals surface area contributed by atoms with Crippen molar-refractivity contribution in [2.24, 2.45) is 0 Å². The molecule has 7 atom stereocenters. The number of hydrogen-bond acceptors (Lipinski definition) is 10. The lowest BCUT2D eigenvalue weighted by atomic mass is 9.99. The summed E-state index contributed by atoms with van der Waals surface area (Å²) in [5.41, 5.74) is 0. The molecule has 1 rings (SSSR count). The van der Waals surface area contributed by atoms with E-state index in [-0.39, 0.29) is 18.5 Å². The van der Waals surface area contributed by atoms with Crippen LogP contribution in [0.2, 0.25) is 0 Å². The van der Waals surface area contributed by atoms with Gasteiger partial charge in [0.2, 0.25) is 5.91 Å². The molecule has 432 valence electrons. The predicted molar refractivity (Wildman–Crippen MR) is 306 cm³/mol. The molecular weight excluding hydrogens is 931 g/mol. The number of unbranched alkanes of at least 4 members (excludes halogenated alkanes) is 33. The van der Waals surface area contributed by atoms with Gasteiger partial charge in [0.05, 0.1) is 32.0 Å². The van der Waals surface area contributed by atoms with E-state index < -0.39 is 49.5 Å². The number of rotatable bonds is 53. The van der Waals surface area contributed by atoms with Crippen LogP contribution in [0, 0.1) is 0 Å². The summed E-state index contributed by atoms with van der Waals surface area (Å²) in [6.45, 7) is 4.17. The molecule has 1 saturated heterocycles. The maximum absolute atomic E-state index is 13.0. The van der Waals surface area contributed by atoms with Gasteiger partial charge < -0.3 is 45.1 Å². The van der Waals surface area contributed by atoms with Crippen LogP contribution < -0.4 is 5.32 Å². The van der Waals surface area contributed by atoms with Crippen LogP contribution in [0.5, 0.6) is 0 Å². The van der Waals surface area contributed by atoms with Crippen LogP contribution in [-0.4, -0.2) is 100 Å². The lowest BCUT2D eigenvalue weighted by Crippen LogP contribution is -2.60. The lowest BCUT2D eigenvalue weighted by Gasteiger charge is -2.40. The zero-order valence-electron chi connectivity index (χ0n) is 47.6. The third-order valence-corrected chi connectivity index (χ3v) is 14.4. The standard InChI is InChI=1S/C63H115NO10/c1-3-5-7-9-11-13-14-15-16-25-28-31-35-39-43-47-51-59(68)72-52-48-44-40-36-32-29-26-23-21-19-17-18-20-22-24-27-30-34-38-42-46-50-58(67)64-55(56(66)49-45-41-37-33-12-10-8-6-4-2)54-73-63-62(71)61(70)60(69)57(53-65)74-63/h12,29,32-33,40,44-45,49,55-57,60-63,65-66,69-71H,3-11,13-28,30-31,34-39,41-43,46-48,50-54H2,1-2H3,(H,64,67)/b32-29-,33-12+,44-40-,49-45+. The molecule has 74 heavy (non-hydrogen) atoms. The smallest absolute Gasteiger partial charge is 0.305 e. The zero-order chi connectivity index (χ0) is 53.8. The zero-order valence-corrected chi connectivity index (χ0v) is 47.6. The Morgan fingerprint density at radius 1 is 0.500 bits per heavy atom. The molecular formula is C63H115NO10. The maximum Gasteiger partial charge on any atom is 0.305 e. The average Bonchev–Trinajstić information content (AvgIpc) is 3.40. The number of carbonyl (C=O) groups excluding carboxylic acids is 2. The third kappa shape index (κ3) is 41.7. The van der Waals surface area contributed by atoms with Crippen molar-refractivity contribution in [3.05, 3.63) is 48.6 Å². The molecule has 1 aliphatic heterocycles. The number of ether oxygens (including phenoxy) is 3. The number of hydrogen-bond donors (Lipinski definition) is 6. The summed E-state index contributed by atoms with van der Waals surface area (Å²) in [5.74, 6) is -0.245. The van der Waals surface area contributed by atoms with Crippen molar-refractivity contribution >= 4 is 11.9 Å². The highest BCUT2D eigenvalue weighted by atomic mass is 16.7. The van der Waals surface area contributed by atoms with Crippen LogP contribution in [-0.2, 0) is 23.8 Å². The summed E-state index contributed by atoms with van der Waals surface area (Å²) in [6, 6.07) is -0.830. The van der Waals surface area contributed by atoms with Gasteiger partial charge in [-0.3, -0.25) is 9.59 Å². The number of allylic oxidation sites excluding steroid dienone is 6. The molecule has 0 spiro atoms. The Balaban J connectivity index is 2.02. The van der Waals surface area contributed by atoms with E-state index in [1.165, 1.54) is 173 Å². The minimum atomic E-state index is -1.58. The summed E-state index contributed by atoms with van der Waals surface area (Å²) in [6.07, 6.45) is 56.8. The minimum Gasteiger partial charge on any atom is -0.465 e. The quantitative estimate of drug-likeness (QED) is 0.0195. The monoisotopic (exact) mass is 1050 g/mol. The molecule has 1 fully saturated rings. The third-order valence-electron chi connectivity index (χ3n) is 14.4. The first kappa shape index (κ1) is 69.6. The van der Waals surface area contributed by atoms with Gasteiger partial charge in [-0.05, 0) is 64.2 Å². The number of aliphatic hydroxyl groups is 5. The van der Waals surface area contributed by atoms with Crippen molar-refractivity contribution in [1.29, 1.82) is 0 Å². The Morgan fingerprint density at radius 2 is 0.919 bits per heavy atom. The topological polar surface area (TPSA) is 175 Å². The van der Waals surface area contributed by atoms with E-state index >= 15 is 0 Å². The molecule has 0 aromatic rings. The van der Waals surface area contributed by atoms with Gasteiger partial charge in [0.1, 0.15) is 24.4 Å². The Kier molecular flexibility index (Phi) is 49.6. The van der Waals surface area contributed by atoms with Gasteiger partial charge in [-0.25, -0.2) is 0 Å². The van der Waals surface area contributed by atoms with Crippen LogP contribution in [0.25, 0.3) is 0 Å². The van der Waals surface area contributed by atoms with E-state index in [0.29, 0.717) is 19.4 Å². The lowest BCUT2D eigenvalue weighted by molar-refractivity contribution is -0.302. The van der Waals surface area contributed by atoms with Crippen LogP contribution in [0.1, 0.15) is 277 Å². The summed E-state index contributed by atoms with van der Waals surface area (Å²) in [4.78, 5) is 25.0. The van der Waals surface area contributed by atoms with Gasteiger partial charge in [-0.15, -0.1) is 0 Å². The summed E-state index contributed by atoms with van der Waals surface area (Å²) in [7, 11) is 0. The Morgan fingerprint density at radius 3 is 1.45 bits per heavy atom. The molecule has 0 aromatic heterocycles. The van der Waals surface area contributed by atoms with Crippen LogP contribution in [0.4, 0.5) is 0 Å². The largest absolute Gasteiger partial charge is 0.465 e. The second-order valence-electron chi connectivity index (χ2n) is 21.4. The SMILES string of the molecule is CCCCC/C=C/CC/C=C/C(O)C(COC1OC(CO)C(O)C(O)C1O)NC(=O)CCCCCCCCCCCCCCCC/C=C\C/C=C\CCOC(=O)CCCCCCCCCCCCCCCCCC. The fraction of sp³-hybridized carbons (Fsp3) is 0.841. The summed E-state index contributed by atoms with van der Waals surface area (Å²) >= 11 is 0. The highest BCUT2D eigenvalue weighted by Gasteiger charge is 2.44. The molecule has 0 saturated carbocycles. The van der Waals surface area contributed by atoms with Crippen molar-refractivity contribution in [3.63, 3.8) is 0 Å². The summed E-state index contributed by atoms with van der Waals surface area (Å²) < 4.78 is 16.6. The van der Waals surface area contributed by atoms with Crippen molar-refractivity contribution in [2.75, 3.05) is 19.8 Å². The Bertz CT molecular complexity index is 1370. The second kappa shape index (κ2) is 52.7. The fourth-order valence-corrected chi connectivity index (χ4v) is 9.52. The number of amides is 1. The number of carbonyl (C=O) groups is 2. The molecule has 7 unspecified atom stereocenters. The van der Waals surface area contributed by atoms with E-state index in [1.807, 2.05) is 6.08 Å². The minimum absolute atomic E-state index is 0.0459. The summed E-state index contributed by atoms with van der Waals surface area (Å²) in [5, 5.41) is 54.2. The molecule has 0 radical (unpaired) electrons. The van der Waals surface area contributed by atoms with Gasteiger partial charge in [-0.2, -0.15) is 0 Å². The van der Waals surface area contributed by atoms with Crippen LogP contribution >= 0.6 is 0 Å². The fourth-order valence-electron chi connectivity index (χ4n) is 9.52. The number of esters is 1. The van der Waals surface area contributed by atoms with Crippen molar-refractivity contribution in [2.45, 2.75) is 320 Å². The van der Waals surface area contributed by atoms with Crippen LogP contribution in [0.15, 0.2) is 48.6 Å². The normalized spacial score (nSPS) is 19.1. The molecule has 0 bridgehead atoms. The van der Waals surface area contributed by atoms with E-state index in [9.17, 15) is 35.1 Å². The number of aliphatic hydroxyl groups excluding tert-OH is 5. The van der Waals surface area contributed by atoms with E-state index in [1.54, 1.807) is 6.08 Å². The molecule has 6 N–H and O–H groups in total. The van der Waals surface area contributed by atoms with Crippen molar-refractivity contribution in [1.82, 2.24) is 5.32 Å². The molecule has 1 amide bonds. The number of nitrogens with one attached hydrogen (secondary N) is 1. The first-order valence-corrected chi connectivity index (χ1v) is 30.9. The second-order valence-corrected chi connectivity index (χ2v) is 21.4. The highest BCUT2D eigenvalue weighted by molar-refractivity contribution is 5.76. The van der Waals surface area contributed by atoms with Gasteiger partial charge in [0.25, 0.3) is 0 Å². The first-order chi connectivity index (χ1) is 36.2. The molecule has 11 heteroatoms. The van der Waals surface area contributed by atoms with Crippen LogP contribution in [0.3, 0.4) is 0 Å². The van der Waals surface area contributed by atoms with Gasteiger partial charge in [0.15, 0.2) is 6.29 Å². The Labute approximate surface area is 453 Å². The van der Waals surface area contributed by atoms with E-state index in [2.05, 4.69) is 55.6 Å². The molecule has 1 heterocycles. The predicted octanol–water partition coefficient (Wildman–Crippen LogP) is 14.5. The van der Waals surface area contributed by atoms with E-state index in [4.69, 9.17) is 14.2 Å². The van der Waals surface area contributed by atoms with E-state index in [0.717, 1.165) is 77.0 Å². The molecule has 11 nitrogen and oxygen atoms in total. The maximum atomic E-state index is 13.0.